The van der Waals surface area contributed by atoms with Gasteiger partial charge in [0, 0.05) is 37.3 Å². The predicted octanol–water partition coefficient (Wildman–Crippen LogP) is 3.68. The first-order valence-corrected chi connectivity index (χ1v) is 12.1. The number of ether oxygens (including phenoxy) is 1. The Morgan fingerprint density at radius 1 is 1.03 bits per heavy atom. The van der Waals surface area contributed by atoms with E-state index in [2.05, 4.69) is 70.1 Å². The molecule has 1 fully saturated rings. The average molecular weight is 444 g/mol. The van der Waals surface area contributed by atoms with Gasteiger partial charge in [-0.25, -0.2) is 0 Å². The van der Waals surface area contributed by atoms with Crippen molar-refractivity contribution in [2.75, 3.05) is 20.2 Å². The average Bonchev–Trinajstić information content (AvgIpc) is 3.47. The van der Waals surface area contributed by atoms with E-state index in [4.69, 9.17) is 4.74 Å². The first-order valence-electron chi connectivity index (χ1n) is 12.1. The van der Waals surface area contributed by atoms with Crippen molar-refractivity contribution in [3.63, 3.8) is 0 Å². The van der Waals surface area contributed by atoms with Gasteiger partial charge in [-0.15, -0.1) is 0 Å². The van der Waals surface area contributed by atoms with Gasteiger partial charge in [0.2, 0.25) is 5.91 Å². The van der Waals surface area contributed by atoms with Crippen molar-refractivity contribution in [1.29, 1.82) is 0 Å². The van der Waals surface area contributed by atoms with E-state index in [-0.39, 0.29) is 18.0 Å². The highest BCUT2D eigenvalue weighted by Crippen LogP contribution is 2.32. The molecule has 2 atom stereocenters. The Morgan fingerprint density at radius 2 is 1.76 bits per heavy atom. The van der Waals surface area contributed by atoms with Gasteiger partial charge in [0.1, 0.15) is 5.75 Å². The third-order valence-electron chi connectivity index (χ3n) is 7.28. The van der Waals surface area contributed by atoms with Crippen LogP contribution in [0.25, 0.3) is 10.8 Å². The van der Waals surface area contributed by atoms with Gasteiger partial charge in [0.15, 0.2) is 0 Å². The maximum Gasteiger partial charge on any atom is 0.237 e. The van der Waals surface area contributed by atoms with Gasteiger partial charge in [-0.2, -0.15) is 0 Å². The van der Waals surface area contributed by atoms with Crippen molar-refractivity contribution in [3.8, 4) is 5.75 Å². The van der Waals surface area contributed by atoms with Gasteiger partial charge in [-0.3, -0.25) is 9.69 Å². The summed E-state index contributed by atoms with van der Waals surface area (Å²) in [5, 5.41) is 9.26. The van der Waals surface area contributed by atoms with Crippen molar-refractivity contribution in [1.82, 2.24) is 15.5 Å². The number of benzene rings is 3. The molecule has 0 saturated carbocycles. The lowest BCUT2D eigenvalue weighted by molar-refractivity contribution is -0.126. The normalized spacial score (nSPS) is 20.8. The lowest BCUT2D eigenvalue weighted by Crippen LogP contribution is -2.48. The van der Waals surface area contributed by atoms with E-state index in [1.807, 2.05) is 13.0 Å². The van der Waals surface area contributed by atoms with Crippen LogP contribution in [0.2, 0.25) is 0 Å². The zero-order chi connectivity index (χ0) is 22.8. The Morgan fingerprint density at radius 3 is 2.48 bits per heavy atom. The molecule has 5 heteroatoms. The molecule has 5 rings (SSSR count). The maximum atomic E-state index is 13.0. The molecule has 33 heavy (non-hydrogen) atoms. The Bertz CT molecular complexity index is 1120. The van der Waals surface area contributed by atoms with Crippen LogP contribution >= 0.6 is 0 Å². The summed E-state index contributed by atoms with van der Waals surface area (Å²) in [6, 6.07) is 21.8. The first-order chi connectivity index (χ1) is 16.2. The third kappa shape index (κ3) is 4.35. The number of rotatable bonds is 7. The number of nitrogens with one attached hydrogen (secondary N) is 2. The number of nitrogens with zero attached hydrogens (tertiary/aromatic N) is 1. The first kappa shape index (κ1) is 21.9. The second kappa shape index (κ2) is 9.54. The van der Waals surface area contributed by atoms with Gasteiger partial charge in [0.05, 0.1) is 13.2 Å². The van der Waals surface area contributed by atoms with Crippen LogP contribution in [-0.2, 0) is 24.2 Å². The maximum absolute atomic E-state index is 13.0. The molecule has 2 aliphatic rings. The fourth-order valence-corrected chi connectivity index (χ4v) is 5.67. The zero-order valence-electron chi connectivity index (χ0n) is 19.5. The summed E-state index contributed by atoms with van der Waals surface area (Å²) in [6.07, 6.45) is 2.87. The molecule has 0 aromatic heterocycles. The van der Waals surface area contributed by atoms with Crippen molar-refractivity contribution in [2.24, 2.45) is 0 Å². The number of hydrogen-bond donors (Lipinski definition) is 2. The summed E-state index contributed by atoms with van der Waals surface area (Å²) in [5.41, 5.74) is 4.03. The van der Waals surface area contributed by atoms with E-state index in [1.165, 1.54) is 27.5 Å². The second-order valence-electron chi connectivity index (χ2n) is 9.22. The highest BCUT2D eigenvalue weighted by molar-refractivity contribution is 5.87. The number of fused-ring (bicyclic) bond motifs is 2. The highest BCUT2D eigenvalue weighted by Gasteiger charge is 2.41. The van der Waals surface area contributed by atoms with Crippen LogP contribution in [0.1, 0.15) is 30.0 Å². The fraction of sp³-hybridized carbons (Fsp3) is 0.393. The number of likely N-dealkylation sites (N-methyl/N-ethyl adjacent to an activating group) is 1. The van der Waals surface area contributed by atoms with Crippen molar-refractivity contribution in [2.45, 2.75) is 50.9 Å². The van der Waals surface area contributed by atoms with Crippen molar-refractivity contribution >= 4 is 16.7 Å². The summed E-state index contributed by atoms with van der Waals surface area (Å²) in [7, 11) is 1.73. The van der Waals surface area contributed by atoms with Crippen molar-refractivity contribution in [3.05, 3.63) is 77.4 Å². The SMILES string of the molecule is CCNC(=O)[C@@H]1C[C@@H](NCc2c(OC)ccc3ccccc23)CN1C1Cc2ccccc2C1. The number of likely N-dealkylation sites (tertiary alicyclic amines) is 1. The predicted molar refractivity (Wildman–Crippen MR) is 133 cm³/mol. The van der Waals surface area contributed by atoms with Crippen LogP contribution in [0.5, 0.6) is 5.75 Å². The molecule has 1 aliphatic carbocycles. The summed E-state index contributed by atoms with van der Waals surface area (Å²) >= 11 is 0. The van der Waals surface area contributed by atoms with Gasteiger partial charge in [-0.05, 0) is 54.2 Å². The summed E-state index contributed by atoms with van der Waals surface area (Å²) < 4.78 is 5.68. The smallest absolute Gasteiger partial charge is 0.237 e. The van der Waals surface area contributed by atoms with E-state index >= 15 is 0 Å². The Balaban J connectivity index is 1.34. The molecule has 1 saturated heterocycles. The topological polar surface area (TPSA) is 53.6 Å². The molecule has 2 N–H and O–H groups in total. The van der Waals surface area contributed by atoms with Crippen LogP contribution in [0.4, 0.5) is 0 Å². The Labute approximate surface area is 196 Å². The fourth-order valence-electron chi connectivity index (χ4n) is 5.67. The van der Waals surface area contributed by atoms with E-state index < -0.39 is 0 Å². The molecular weight excluding hydrogens is 410 g/mol. The largest absolute Gasteiger partial charge is 0.496 e. The van der Waals surface area contributed by atoms with Gasteiger partial charge >= 0.3 is 0 Å². The number of amides is 1. The molecule has 3 aromatic rings. The lowest BCUT2D eigenvalue weighted by atomic mass is 10.0. The minimum Gasteiger partial charge on any atom is -0.496 e. The standard InChI is InChI=1S/C28H33N3O2/c1-3-29-28(32)26-16-22(18-31(26)23-14-20-9-4-5-10-21(20)15-23)30-17-25-24-11-7-6-8-19(24)12-13-27(25)33-2/h4-13,22-23,26,30H,3,14-18H2,1-2H3,(H,29,32)/t22-,26+/m1/s1. The van der Waals surface area contributed by atoms with E-state index in [9.17, 15) is 4.79 Å². The molecule has 0 bridgehead atoms. The van der Waals surface area contributed by atoms with Gasteiger partial charge in [0.25, 0.3) is 0 Å². The number of hydrogen-bond acceptors (Lipinski definition) is 4. The van der Waals surface area contributed by atoms with Gasteiger partial charge in [-0.1, -0.05) is 54.6 Å². The number of methoxy groups -OCH3 is 1. The number of carbonyl (C=O) groups excluding carboxylic acids is 1. The minimum absolute atomic E-state index is 0.0869. The van der Waals surface area contributed by atoms with E-state index in [0.717, 1.165) is 38.1 Å². The second-order valence-corrected chi connectivity index (χ2v) is 9.22. The summed E-state index contributed by atoms with van der Waals surface area (Å²) in [5.74, 6) is 1.06. The quantitative estimate of drug-likeness (QED) is 0.585. The van der Waals surface area contributed by atoms with Crippen LogP contribution in [0, 0.1) is 0 Å². The minimum atomic E-state index is -0.0869. The Hall–Kier alpha value is -2.89. The molecule has 5 nitrogen and oxygen atoms in total. The molecule has 1 heterocycles. The van der Waals surface area contributed by atoms with Crippen LogP contribution in [0.3, 0.4) is 0 Å². The van der Waals surface area contributed by atoms with Crippen LogP contribution < -0.4 is 15.4 Å². The van der Waals surface area contributed by atoms with Gasteiger partial charge < -0.3 is 15.4 Å². The Kier molecular flexibility index (Phi) is 6.34. The molecule has 0 spiro atoms. The third-order valence-corrected chi connectivity index (χ3v) is 7.28. The lowest BCUT2D eigenvalue weighted by Gasteiger charge is -2.29. The molecule has 0 unspecified atom stereocenters. The molecular formula is C28H33N3O2. The highest BCUT2D eigenvalue weighted by atomic mass is 16.5. The zero-order valence-corrected chi connectivity index (χ0v) is 19.5. The van der Waals surface area contributed by atoms with E-state index in [1.54, 1.807) is 7.11 Å². The number of carbonyl (C=O) groups is 1. The van der Waals surface area contributed by atoms with Crippen LogP contribution in [0.15, 0.2) is 60.7 Å². The molecule has 3 aromatic carbocycles. The molecule has 1 amide bonds. The molecule has 0 radical (unpaired) electrons. The summed E-state index contributed by atoms with van der Waals surface area (Å²) in [6.45, 7) is 4.26. The monoisotopic (exact) mass is 443 g/mol. The van der Waals surface area contributed by atoms with Crippen molar-refractivity contribution < 1.29 is 9.53 Å². The molecule has 172 valence electrons. The summed E-state index contributed by atoms with van der Waals surface area (Å²) in [4.78, 5) is 15.4. The van der Waals surface area contributed by atoms with E-state index in [0.29, 0.717) is 12.6 Å². The van der Waals surface area contributed by atoms with Crippen LogP contribution in [-0.4, -0.2) is 49.1 Å². The molecule has 1 aliphatic heterocycles.